The van der Waals surface area contributed by atoms with E-state index in [2.05, 4.69) is 5.32 Å². The Kier molecular flexibility index (Phi) is 5.54. The third-order valence-corrected chi connectivity index (χ3v) is 4.46. The first-order valence-electron chi connectivity index (χ1n) is 8.93. The number of amides is 2. The SMILES string of the molecule is CC(=O)c1ccc(OC(C)C(=O)Nc2ccc(N3CCCC3=O)cc2)cc1. The van der Waals surface area contributed by atoms with E-state index in [1.54, 1.807) is 48.2 Å². The fourth-order valence-electron chi connectivity index (χ4n) is 2.92. The van der Waals surface area contributed by atoms with Crippen LogP contribution in [-0.4, -0.2) is 30.2 Å². The largest absolute Gasteiger partial charge is 0.481 e. The minimum Gasteiger partial charge on any atom is -0.481 e. The molecular weight excluding hydrogens is 344 g/mol. The Morgan fingerprint density at radius 3 is 2.30 bits per heavy atom. The van der Waals surface area contributed by atoms with Gasteiger partial charge in [0.05, 0.1) is 0 Å². The van der Waals surface area contributed by atoms with Crippen molar-refractivity contribution >= 4 is 29.0 Å². The molecule has 2 aromatic rings. The van der Waals surface area contributed by atoms with Crippen LogP contribution in [0.2, 0.25) is 0 Å². The monoisotopic (exact) mass is 366 g/mol. The number of hydrogen-bond donors (Lipinski definition) is 1. The zero-order chi connectivity index (χ0) is 19.4. The van der Waals surface area contributed by atoms with E-state index in [-0.39, 0.29) is 17.6 Å². The number of Topliss-reactive ketones (excluding diaryl/α,β-unsaturated/α-hetero) is 1. The van der Waals surface area contributed by atoms with Crippen molar-refractivity contribution in [1.29, 1.82) is 0 Å². The Balaban J connectivity index is 1.57. The van der Waals surface area contributed by atoms with E-state index in [9.17, 15) is 14.4 Å². The predicted octanol–water partition coefficient (Wildman–Crippen LogP) is 3.42. The van der Waals surface area contributed by atoms with Gasteiger partial charge in [0.2, 0.25) is 5.91 Å². The van der Waals surface area contributed by atoms with Gasteiger partial charge in [-0.15, -0.1) is 0 Å². The molecule has 0 aliphatic carbocycles. The van der Waals surface area contributed by atoms with Crippen LogP contribution in [0.1, 0.15) is 37.0 Å². The van der Waals surface area contributed by atoms with Crippen LogP contribution in [0.4, 0.5) is 11.4 Å². The van der Waals surface area contributed by atoms with Crippen LogP contribution in [0, 0.1) is 0 Å². The van der Waals surface area contributed by atoms with Gasteiger partial charge < -0.3 is 15.0 Å². The maximum Gasteiger partial charge on any atom is 0.265 e. The summed E-state index contributed by atoms with van der Waals surface area (Å²) >= 11 is 0. The zero-order valence-electron chi connectivity index (χ0n) is 15.4. The summed E-state index contributed by atoms with van der Waals surface area (Å²) in [5, 5.41) is 2.80. The van der Waals surface area contributed by atoms with E-state index < -0.39 is 6.10 Å². The van der Waals surface area contributed by atoms with Gasteiger partial charge in [-0.2, -0.15) is 0 Å². The first-order chi connectivity index (χ1) is 12.9. The number of carbonyl (C=O) groups excluding carboxylic acids is 3. The number of nitrogens with zero attached hydrogens (tertiary/aromatic N) is 1. The Morgan fingerprint density at radius 1 is 1.07 bits per heavy atom. The average Bonchev–Trinajstić information content (AvgIpc) is 3.08. The van der Waals surface area contributed by atoms with Gasteiger partial charge >= 0.3 is 0 Å². The van der Waals surface area contributed by atoms with Crippen molar-refractivity contribution in [3.63, 3.8) is 0 Å². The highest BCUT2D eigenvalue weighted by Gasteiger charge is 2.21. The lowest BCUT2D eigenvalue weighted by molar-refractivity contribution is -0.122. The van der Waals surface area contributed by atoms with Crippen LogP contribution >= 0.6 is 0 Å². The molecule has 1 fully saturated rings. The molecule has 0 spiro atoms. The van der Waals surface area contributed by atoms with Crippen LogP contribution in [0.3, 0.4) is 0 Å². The Labute approximate surface area is 158 Å². The van der Waals surface area contributed by atoms with Gasteiger partial charge in [-0.3, -0.25) is 14.4 Å². The molecule has 0 radical (unpaired) electrons. The Morgan fingerprint density at radius 2 is 1.74 bits per heavy atom. The van der Waals surface area contributed by atoms with Crippen molar-refractivity contribution in [2.45, 2.75) is 32.8 Å². The molecular formula is C21H22N2O4. The van der Waals surface area contributed by atoms with Crippen molar-refractivity contribution < 1.29 is 19.1 Å². The molecule has 6 heteroatoms. The van der Waals surface area contributed by atoms with E-state index in [0.717, 1.165) is 18.7 Å². The van der Waals surface area contributed by atoms with Gasteiger partial charge in [0.1, 0.15) is 5.75 Å². The number of hydrogen-bond acceptors (Lipinski definition) is 4. The van der Waals surface area contributed by atoms with Gasteiger partial charge in [-0.25, -0.2) is 0 Å². The quantitative estimate of drug-likeness (QED) is 0.795. The lowest BCUT2D eigenvalue weighted by Crippen LogP contribution is -2.30. The Bertz CT molecular complexity index is 843. The van der Waals surface area contributed by atoms with Gasteiger partial charge in [0, 0.05) is 29.9 Å². The number of benzene rings is 2. The third kappa shape index (κ3) is 4.53. The highest BCUT2D eigenvalue weighted by molar-refractivity contribution is 5.97. The summed E-state index contributed by atoms with van der Waals surface area (Å²) in [5.41, 5.74) is 2.07. The van der Waals surface area contributed by atoms with Gasteiger partial charge in [-0.05, 0) is 68.8 Å². The molecule has 2 amide bonds. The molecule has 2 aromatic carbocycles. The van der Waals surface area contributed by atoms with E-state index in [1.165, 1.54) is 6.92 Å². The molecule has 27 heavy (non-hydrogen) atoms. The van der Waals surface area contributed by atoms with E-state index in [4.69, 9.17) is 4.74 Å². The number of ketones is 1. The predicted molar refractivity (Wildman–Crippen MR) is 103 cm³/mol. The molecule has 1 unspecified atom stereocenters. The molecule has 1 aliphatic rings. The maximum absolute atomic E-state index is 12.3. The molecule has 0 aromatic heterocycles. The zero-order valence-corrected chi connectivity index (χ0v) is 15.4. The van der Waals surface area contributed by atoms with E-state index in [0.29, 0.717) is 23.4 Å². The third-order valence-electron chi connectivity index (χ3n) is 4.46. The molecule has 0 saturated carbocycles. The molecule has 1 aliphatic heterocycles. The van der Waals surface area contributed by atoms with E-state index in [1.807, 2.05) is 12.1 Å². The standard InChI is InChI=1S/C21H22N2O4/c1-14(24)16-5-11-19(12-6-16)27-15(2)21(26)22-17-7-9-18(10-8-17)23-13-3-4-20(23)25/h5-12,15H,3-4,13H2,1-2H3,(H,22,26). The fraction of sp³-hybridized carbons (Fsp3) is 0.286. The van der Waals surface area contributed by atoms with Crippen LogP contribution in [0.5, 0.6) is 5.75 Å². The summed E-state index contributed by atoms with van der Waals surface area (Å²) in [6.07, 6.45) is 0.758. The molecule has 1 N–H and O–H groups in total. The molecule has 1 atom stereocenters. The van der Waals surface area contributed by atoms with Crippen molar-refractivity contribution in [3.05, 3.63) is 54.1 Å². The van der Waals surface area contributed by atoms with Gasteiger partial charge in [0.25, 0.3) is 5.91 Å². The lowest BCUT2D eigenvalue weighted by Gasteiger charge is -2.17. The van der Waals surface area contributed by atoms with Crippen LogP contribution in [-0.2, 0) is 9.59 Å². The summed E-state index contributed by atoms with van der Waals surface area (Å²) in [6, 6.07) is 13.9. The summed E-state index contributed by atoms with van der Waals surface area (Å²) in [6.45, 7) is 3.89. The second-order valence-corrected chi connectivity index (χ2v) is 6.53. The van der Waals surface area contributed by atoms with Crippen molar-refractivity contribution in [3.8, 4) is 5.75 Å². The molecule has 1 heterocycles. The van der Waals surface area contributed by atoms with Crippen LogP contribution in [0.15, 0.2) is 48.5 Å². The summed E-state index contributed by atoms with van der Waals surface area (Å²) in [5.74, 6) is 0.345. The number of rotatable bonds is 6. The number of carbonyl (C=O) groups is 3. The molecule has 3 rings (SSSR count). The number of nitrogens with one attached hydrogen (secondary N) is 1. The molecule has 140 valence electrons. The molecule has 1 saturated heterocycles. The lowest BCUT2D eigenvalue weighted by atomic mass is 10.1. The first kappa shape index (κ1) is 18.6. The average molecular weight is 366 g/mol. The molecule has 0 bridgehead atoms. The van der Waals surface area contributed by atoms with Crippen LogP contribution in [0.25, 0.3) is 0 Å². The van der Waals surface area contributed by atoms with E-state index >= 15 is 0 Å². The number of ether oxygens (including phenoxy) is 1. The minimum atomic E-state index is -0.701. The first-order valence-corrected chi connectivity index (χ1v) is 8.93. The highest BCUT2D eigenvalue weighted by atomic mass is 16.5. The van der Waals surface area contributed by atoms with Crippen molar-refractivity contribution in [2.24, 2.45) is 0 Å². The highest BCUT2D eigenvalue weighted by Crippen LogP contribution is 2.23. The Hall–Kier alpha value is -3.15. The second kappa shape index (κ2) is 8.03. The summed E-state index contributed by atoms with van der Waals surface area (Å²) in [7, 11) is 0. The smallest absolute Gasteiger partial charge is 0.265 e. The summed E-state index contributed by atoms with van der Waals surface area (Å²) in [4.78, 5) is 37.2. The second-order valence-electron chi connectivity index (χ2n) is 6.53. The van der Waals surface area contributed by atoms with Gasteiger partial charge in [-0.1, -0.05) is 0 Å². The van der Waals surface area contributed by atoms with Crippen molar-refractivity contribution in [2.75, 3.05) is 16.8 Å². The number of anilines is 2. The van der Waals surface area contributed by atoms with Crippen LogP contribution < -0.4 is 15.0 Å². The maximum atomic E-state index is 12.3. The van der Waals surface area contributed by atoms with Crippen molar-refractivity contribution in [1.82, 2.24) is 0 Å². The van der Waals surface area contributed by atoms with Gasteiger partial charge in [0.15, 0.2) is 11.9 Å². The normalized spacial score (nSPS) is 14.7. The fourth-order valence-corrected chi connectivity index (χ4v) is 2.92. The topological polar surface area (TPSA) is 75.7 Å². The minimum absolute atomic E-state index is 0.0218. The summed E-state index contributed by atoms with van der Waals surface area (Å²) < 4.78 is 5.63. The molecule has 6 nitrogen and oxygen atoms in total.